The first-order valence-electron chi connectivity index (χ1n) is 9.44. The third kappa shape index (κ3) is 14.3. The van der Waals surface area contributed by atoms with Crippen molar-refractivity contribution in [2.45, 2.75) is 83.5 Å². The summed E-state index contributed by atoms with van der Waals surface area (Å²) in [7, 11) is -2.82. The number of likely N-dealkylation sites (tertiary alicyclic amines) is 1. The van der Waals surface area contributed by atoms with Crippen LogP contribution in [0.3, 0.4) is 0 Å². The number of hydrogen-bond donors (Lipinski definition) is 2. The first-order chi connectivity index (χ1) is 11.1. The zero-order chi connectivity index (χ0) is 16.8. The van der Waals surface area contributed by atoms with Gasteiger partial charge in [-0.15, -0.1) is 0 Å². The summed E-state index contributed by atoms with van der Waals surface area (Å²) < 4.78 is 28.0. The molecule has 1 rings (SSSR count). The number of nitrogens with zero attached hydrogens (tertiary/aromatic N) is 1. The number of rotatable bonds is 13. The minimum atomic E-state index is -3.58. The maximum absolute atomic E-state index is 10.6. The fourth-order valence-corrected chi connectivity index (χ4v) is 4.75. The van der Waals surface area contributed by atoms with Crippen LogP contribution in [-0.2, 0) is 19.4 Å². The Morgan fingerprint density at radius 3 is 1.74 bits per heavy atom. The molecule has 0 aromatic heterocycles. The lowest BCUT2D eigenvalue weighted by Crippen LogP contribution is -2.30. The van der Waals surface area contributed by atoms with Crippen LogP contribution in [0.1, 0.15) is 83.5 Å². The Bertz CT molecular complexity index is 381. The van der Waals surface area contributed by atoms with E-state index in [2.05, 4.69) is 4.90 Å². The molecule has 2 N–H and O–H groups in total. The van der Waals surface area contributed by atoms with Crippen LogP contribution in [0, 0.1) is 0 Å². The van der Waals surface area contributed by atoms with Gasteiger partial charge in [-0.2, -0.15) is 4.21 Å². The zero-order valence-corrected chi connectivity index (χ0v) is 16.2. The molecule has 1 aliphatic heterocycles. The SMILES string of the molecule is O=S(O)(O)=[S+]CCCCCCCCCCCCN1CCCCC1. The van der Waals surface area contributed by atoms with Crippen LogP contribution in [0.2, 0.25) is 0 Å². The first-order valence-corrected chi connectivity index (χ1v) is 12.4. The van der Waals surface area contributed by atoms with E-state index in [4.69, 9.17) is 9.11 Å². The first kappa shape index (κ1) is 21.3. The number of piperidine rings is 1. The van der Waals surface area contributed by atoms with Crippen LogP contribution in [0.25, 0.3) is 0 Å². The highest BCUT2D eigenvalue weighted by molar-refractivity contribution is 8.34. The average molecular weight is 367 g/mol. The lowest BCUT2D eigenvalue weighted by atomic mass is 10.1. The van der Waals surface area contributed by atoms with Crippen LogP contribution >= 0.6 is 0 Å². The molecule has 1 aliphatic rings. The molecule has 0 aromatic carbocycles. The van der Waals surface area contributed by atoms with Gasteiger partial charge in [0.1, 0.15) is 0 Å². The Morgan fingerprint density at radius 1 is 0.739 bits per heavy atom. The second kappa shape index (κ2) is 13.5. The van der Waals surface area contributed by atoms with E-state index in [0.29, 0.717) is 5.75 Å². The van der Waals surface area contributed by atoms with Crippen LogP contribution in [0.15, 0.2) is 0 Å². The van der Waals surface area contributed by atoms with E-state index in [1.54, 1.807) is 0 Å². The summed E-state index contributed by atoms with van der Waals surface area (Å²) in [5.41, 5.74) is 0. The summed E-state index contributed by atoms with van der Waals surface area (Å²) in [5, 5.41) is 0. The van der Waals surface area contributed by atoms with Crippen LogP contribution in [-0.4, -0.2) is 43.6 Å². The molecule has 0 bridgehead atoms. The van der Waals surface area contributed by atoms with E-state index in [-0.39, 0.29) is 0 Å². The molecule has 4 nitrogen and oxygen atoms in total. The van der Waals surface area contributed by atoms with Crippen molar-refractivity contribution in [1.82, 2.24) is 4.90 Å². The topological polar surface area (TPSA) is 60.8 Å². The largest absolute Gasteiger partial charge is 0.430 e. The van der Waals surface area contributed by atoms with E-state index < -0.39 is 9.05 Å². The Labute approximate surface area is 146 Å². The van der Waals surface area contributed by atoms with Crippen molar-refractivity contribution in [3.63, 3.8) is 0 Å². The summed E-state index contributed by atoms with van der Waals surface area (Å²) in [6.45, 7) is 3.96. The predicted octanol–water partition coefficient (Wildman–Crippen LogP) is 4.60. The highest BCUT2D eigenvalue weighted by atomic mass is 32.9. The molecule has 0 amide bonds. The summed E-state index contributed by atoms with van der Waals surface area (Å²) in [5.74, 6) is 0.572. The molecule has 6 heteroatoms. The molecular weight excluding hydrogens is 330 g/mol. The van der Waals surface area contributed by atoms with Crippen molar-refractivity contribution < 1.29 is 13.3 Å². The lowest BCUT2D eigenvalue weighted by Gasteiger charge is -2.26. The monoisotopic (exact) mass is 366 g/mol. The lowest BCUT2D eigenvalue weighted by molar-refractivity contribution is 0.224. The molecule has 0 saturated carbocycles. The Morgan fingerprint density at radius 2 is 1.22 bits per heavy atom. The van der Waals surface area contributed by atoms with Gasteiger partial charge in [0, 0.05) is 6.42 Å². The number of unbranched alkanes of at least 4 members (excludes halogenated alkanes) is 9. The predicted molar refractivity (Wildman–Crippen MR) is 102 cm³/mol. The zero-order valence-electron chi connectivity index (χ0n) is 14.6. The van der Waals surface area contributed by atoms with E-state index in [1.807, 2.05) is 0 Å². The molecule has 1 fully saturated rings. The van der Waals surface area contributed by atoms with Gasteiger partial charge < -0.3 is 4.90 Å². The van der Waals surface area contributed by atoms with Crippen LogP contribution < -0.4 is 0 Å². The second-order valence-corrected chi connectivity index (χ2v) is 10.3. The van der Waals surface area contributed by atoms with Crippen LogP contribution in [0.5, 0.6) is 0 Å². The Balaban J connectivity index is 1.75. The third-order valence-corrected chi connectivity index (χ3v) is 6.74. The molecule has 0 aliphatic carbocycles. The summed E-state index contributed by atoms with van der Waals surface area (Å²) in [4.78, 5) is 2.63. The molecule has 0 spiro atoms. The molecule has 23 heavy (non-hydrogen) atoms. The smallest absolute Gasteiger partial charge is 0.303 e. The Kier molecular flexibility index (Phi) is 12.5. The molecule has 1 heterocycles. The van der Waals surface area contributed by atoms with Crippen molar-refractivity contribution in [3.8, 4) is 0 Å². The summed E-state index contributed by atoms with van der Waals surface area (Å²) in [6, 6.07) is 0. The molecule has 0 aromatic rings. The standard InChI is InChI=1S/C17H35NO3S2/c19-23(20,21)22-17-13-8-6-4-2-1-3-5-7-10-14-18-15-11-9-12-16-18/h1-17H2,(H-,19,20,21)/p+1. The minimum Gasteiger partial charge on any atom is -0.303 e. The molecule has 138 valence electrons. The van der Waals surface area contributed by atoms with Gasteiger partial charge in [-0.1, -0.05) is 51.4 Å². The third-order valence-electron chi connectivity index (χ3n) is 4.55. The molecular formula is C17H36NO3S2+. The van der Waals surface area contributed by atoms with E-state index in [1.165, 1.54) is 90.3 Å². The van der Waals surface area contributed by atoms with Crippen molar-refractivity contribution >= 4 is 19.4 Å². The average Bonchev–Trinajstić information content (AvgIpc) is 2.52. The minimum absolute atomic E-state index is 0.572. The van der Waals surface area contributed by atoms with Gasteiger partial charge in [0.2, 0.25) is 0 Å². The van der Waals surface area contributed by atoms with E-state index >= 15 is 0 Å². The highest BCUT2D eigenvalue weighted by Crippen LogP contribution is 2.13. The molecule has 0 atom stereocenters. The normalized spacial score (nSPS) is 16.6. The fraction of sp³-hybridized carbons (Fsp3) is 1.00. The van der Waals surface area contributed by atoms with Gasteiger partial charge in [0.25, 0.3) is 10.3 Å². The van der Waals surface area contributed by atoms with E-state index in [9.17, 15) is 4.21 Å². The van der Waals surface area contributed by atoms with Crippen molar-refractivity contribution in [2.75, 3.05) is 25.4 Å². The molecule has 0 unspecified atom stereocenters. The van der Waals surface area contributed by atoms with Gasteiger partial charge in [-0.25, -0.2) is 0 Å². The van der Waals surface area contributed by atoms with Crippen molar-refractivity contribution in [2.24, 2.45) is 0 Å². The van der Waals surface area contributed by atoms with Crippen molar-refractivity contribution in [1.29, 1.82) is 0 Å². The summed E-state index contributed by atoms with van der Waals surface area (Å²) in [6.07, 6.45) is 16.9. The number of hydrogen-bond acceptors (Lipinski definition) is 2. The quantitative estimate of drug-likeness (QED) is 0.369. The second-order valence-electron chi connectivity index (χ2n) is 6.71. The van der Waals surface area contributed by atoms with Crippen molar-refractivity contribution in [3.05, 3.63) is 0 Å². The summed E-state index contributed by atoms with van der Waals surface area (Å²) >= 11 is 0. The molecule has 1 saturated heterocycles. The van der Waals surface area contributed by atoms with Gasteiger partial charge >= 0.3 is 9.05 Å². The maximum atomic E-state index is 10.6. The van der Waals surface area contributed by atoms with Gasteiger partial charge in [-0.3, -0.25) is 9.11 Å². The van der Waals surface area contributed by atoms with Gasteiger partial charge in [0.05, 0.1) is 0 Å². The molecule has 0 radical (unpaired) electrons. The Hall–Kier alpha value is 0.250. The van der Waals surface area contributed by atoms with Gasteiger partial charge in [-0.05, 0) is 45.3 Å². The van der Waals surface area contributed by atoms with Gasteiger partial charge in [0.15, 0.2) is 5.75 Å². The highest BCUT2D eigenvalue weighted by Gasteiger charge is 2.09. The van der Waals surface area contributed by atoms with Crippen LogP contribution in [0.4, 0.5) is 0 Å². The van der Waals surface area contributed by atoms with E-state index in [0.717, 1.165) is 23.2 Å². The fourth-order valence-electron chi connectivity index (χ4n) is 3.20. The maximum Gasteiger partial charge on any atom is 0.430 e.